The molecule has 0 spiro atoms. The molecule has 0 amide bonds. The molecule has 102 valence electrons. The zero-order valence-corrected chi connectivity index (χ0v) is 12.7. The van der Waals surface area contributed by atoms with E-state index in [4.69, 9.17) is 0 Å². The molecule has 0 radical (unpaired) electrons. The van der Waals surface area contributed by atoms with Crippen LogP contribution in [-0.4, -0.2) is 7.05 Å². The molecule has 1 rings (SSSR count). The zero-order chi connectivity index (χ0) is 13.5. The van der Waals surface area contributed by atoms with Gasteiger partial charge < -0.3 is 5.32 Å². The minimum absolute atomic E-state index is 0.682. The van der Waals surface area contributed by atoms with Crippen LogP contribution >= 0.6 is 0 Å². The second-order valence-corrected chi connectivity index (χ2v) is 5.09. The quantitative estimate of drug-likeness (QED) is 0.667. The summed E-state index contributed by atoms with van der Waals surface area (Å²) < 4.78 is 0. The van der Waals surface area contributed by atoms with Gasteiger partial charge in [-0.15, -0.1) is 0 Å². The molecule has 0 unspecified atom stereocenters. The maximum absolute atomic E-state index is 3.46. The lowest BCUT2D eigenvalue weighted by Gasteiger charge is -2.24. The molecule has 18 heavy (non-hydrogen) atoms. The molecule has 0 heterocycles. The van der Waals surface area contributed by atoms with Gasteiger partial charge in [-0.05, 0) is 48.6 Å². The van der Waals surface area contributed by atoms with Gasteiger partial charge in [-0.25, -0.2) is 0 Å². The maximum Gasteiger partial charge on any atom is 0.0408 e. The van der Waals surface area contributed by atoms with Crippen LogP contribution in [0.25, 0.3) is 0 Å². The van der Waals surface area contributed by atoms with Crippen molar-refractivity contribution in [1.82, 2.24) is 0 Å². The molecule has 1 aromatic rings. The van der Waals surface area contributed by atoms with Crippen molar-refractivity contribution in [3.05, 3.63) is 29.3 Å². The number of hydrogen-bond acceptors (Lipinski definition) is 1. The average Bonchev–Trinajstić information content (AvgIpc) is 2.42. The lowest BCUT2D eigenvalue weighted by atomic mass is 9.85. The van der Waals surface area contributed by atoms with Gasteiger partial charge in [0.25, 0.3) is 0 Å². The summed E-state index contributed by atoms with van der Waals surface area (Å²) in [5.41, 5.74) is 4.40. The largest absolute Gasteiger partial charge is 0.388 e. The number of para-hydroxylation sites is 1. The third-order valence-electron chi connectivity index (χ3n) is 4.23. The normalized spacial score (nSPS) is 11.3. The SMILES string of the molecule is CCC(CC)c1cccc(C(CC)CC)c1NC. The molecule has 1 nitrogen and oxygen atoms in total. The smallest absolute Gasteiger partial charge is 0.0408 e. The molecule has 0 aliphatic heterocycles. The fourth-order valence-electron chi connectivity index (χ4n) is 3.01. The summed E-state index contributed by atoms with van der Waals surface area (Å²) in [7, 11) is 2.06. The molecule has 0 aromatic heterocycles. The summed E-state index contributed by atoms with van der Waals surface area (Å²) in [4.78, 5) is 0. The Hall–Kier alpha value is -0.980. The van der Waals surface area contributed by atoms with Crippen LogP contribution in [0, 0.1) is 0 Å². The maximum atomic E-state index is 3.46. The Labute approximate surface area is 113 Å². The summed E-state index contributed by atoms with van der Waals surface area (Å²) in [6.07, 6.45) is 4.88. The van der Waals surface area contributed by atoms with Crippen molar-refractivity contribution >= 4 is 5.69 Å². The molecule has 0 bridgehead atoms. The Morgan fingerprint density at radius 2 is 1.22 bits per heavy atom. The minimum atomic E-state index is 0.682. The molecule has 0 fully saturated rings. The van der Waals surface area contributed by atoms with Crippen molar-refractivity contribution in [3.63, 3.8) is 0 Å². The molecule has 0 aliphatic rings. The van der Waals surface area contributed by atoms with Crippen molar-refractivity contribution in [2.24, 2.45) is 0 Å². The van der Waals surface area contributed by atoms with Gasteiger partial charge in [0.15, 0.2) is 0 Å². The Balaban J connectivity index is 3.24. The van der Waals surface area contributed by atoms with Gasteiger partial charge in [0.1, 0.15) is 0 Å². The van der Waals surface area contributed by atoms with Gasteiger partial charge in [0.2, 0.25) is 0 Å². The predicted octanol–water partition coefficient (Wildman–Crippen LogP) is 5.54. The number of nitrogens with one attached hydrogen (secondary N) is 1. The Morgan fingerprint density at radius 3 is 1.50 bits per heavy atom. The third-order valence-corrected chi connectivity index (χ3v) is 4.23. The van der Waals surface area contributed by atoms with E-state index in [1.807, 2.05) is 0 Å². The van der Waals surface area contributed by atoms with Gasteiger partial charge in [-0.1, -0.05) is 45.9 Å². The van der Waals surface area contributed by atoms with Gasteiger partial charge in [0.05, 0.1) is 0 Å². The molecule has 1 heteroatoms. The molecule has 0 saturated heterocycles. The van der Waals surface area contributed by atoms with E-state index in [0.717, 1.165) is 0 Å². The standard InChI is InChI=1S/C17H29N/c1-6-13(7-2)15-11-10-12-16(17(15)18-5)14(8-3)9-4/h10-14,18H,6-9H2,1-5H3. The van der Waals surface area contributed by atoms with Crippen LogP contribution in [-0.2, 0) is 0 Å². The van der Waals surface area contributed by atoms with E-state index in [1.165, 1.54) is 42.5 Å². The van der Waals surface area contributed by atoms with Gasteiger partial charge >= 0.3 is 0 Å². The number of rotatable bonds is 7. The van der Waals surface area contributed by atoms with Crippen LogP contribution in [0.3, 0.4) is 0 Å². The number of benzene rings is 1. The number of hydrogen-bond donors (Lipinski definition) is 1. The molecular formula is C17H29N. The predicted molar refractivity (Wildman–Crippen MR) is 82.6 cm³/mol. The fourth-order valence-corrected chi connectivity index (χ4v) is 3.01. The first kappa shape index (κ1) is 15.1. The Morgan fingerprint density at radius 1 is 0.833 bits per heavy atom. The Bertz CT molecular complexity index is 318. The van der Waals surface area contributed by atoms with E-state index < -0.39 is 0 Å². The first-order chi connectivity index (χ1) is 8.73. The topological polar surface area (TPSA) is 12.0 Å². The van der Waals surface area contributed by atoms with Crippen molar-refractivity contribution in [2.45, 2.75) is 65.2 Å². The fraction of sp³-hybridized carbons (Fsp3) is 0.647. The van der Waals surface area contributed by atoms with Crippen molar-refractivity contribution < 1.29 is 0 Å². The van der Waals surface area contributed by atoms with Crippen LogP contribution < -0.4 is 5.32 Å². The summed E-state index contributed by atoms with van der Waals surface area (Å²) >= 11 is 0. The minimum Gasteiger partial charge on any atom is -0.388 e. The second kappa shape index (κ2) is 7.45. The van der Waals surface area contributed by atoms with E-state index in [-0.39, 0.29) is 0 Å². The van der Waals surface area contributed by atoms with Crippen molar-refractivity contribution in [2.75, 3.05) is 12.4 Å². The van der Waals surface area contributed by atoms with Crippen LogP contribution in [0.15, 0.2) is 18.2 Å². The molecule has 0 saturated carbocycles. The average molecular weight is 247 g/mol. The molecule has 1 aromatic carbocycles. The third kappa shape index (κ3) is 3.07. The highest BCUT2D eigenvalue weighted by molar-refractivity contribution is 5.60. The van der Waals surface area contributed by atoms with Crippen LogP contribution in [0.4, 0.5) is 5.69 Å². The first-order valence-corrected chi connectivity index (χ1v) is 7.53. The lowest BCUT2D eigenvalue weighted by Crippen LogP contribution is -2.07. The van der Waals surface area contributed by atoms with Crippen LogP contribution in [0.2, 0.25) is 0 Å². The Kier molecular flexibility index (Phi) is 6.24. The van der Waals surface area contributed by atoms with E-state index in [1.54, 1.807) is 0 Å². The number of anilines is 1. The van der Waals surface area contributed by atoms with Crippen LogP contribution in [0.1, 0.15) is 76.3 Å². The van der Waals surface area contributed by atoms with Gasteiger partial charge in [-0.3, -0.25) is 0 Å². The van der Waals surface area contributed by atoms with Crippen LogP contribution in [0.5, 0.6) is 0 Å². The van der Waals surface area contributed by atoms with E-state index in [2.05, 4.69) is 58.3 Å². The summed E-state index contributed by atoms with van der Waals surface area (Å²) in [5.74, 6) is 1.36. The zero-order valence-electron chi connectivity index (χ0n) is 12.7. The monoisotopic (exact) mass is 247 g/mol. The molecule has 1 N–H and O–H groups in total. The highest BCUT2D eigenvalue weighted by Gasteiger charge is 2.17. The van der Waals surface area contributed by atoms with Gasteiger partial charge in [0, 0.05) is 12.7 Å². The molecule has 0 atom stereocenters. The highest BCUT2D eigenvalue weighted by atomic mass is 14.8. The summed E-state index contributed by atoms with van der Waals surface area (Å²) in [6.45, 7) is 9.16. The summed E-state index contributed by atoms with van der Waals surface area (Å²) in [6, 6.07) is 6.84. The van der Waals surface area contributed by atoms with E-state index in [9.17, 15) is 0 Å². The van der Waals surface area contributed by atoms with E-state index in [0.29, 0.717) is 11.8 Å². The molecule has 0 aliphatic carbocycles. The first-order valence-electron chi connectivity index (χ1n) is 7.53. The lowest BCUT2D eigenvalue weighted by molar-refractivity contribution is 0.626. The van der Waals surface area contributed by atoms with Crippen molar-refractivity contribution in [3.8, 4) is 0 Å². The van der Waals surface area contributed by atoms with Gasteiger partial charge in [-0.2, -0.15) is 0 Å². The second-order valence-electron chi connectivity index (χ2n) is 5.09. The van der Waals surface area contributed by atoms with E-state index >= 15 is 0 Å². The molecular weight excluding hydrogens is 218 g/mol. The van der Waals surface area contributed by atoms with Crippen molar-refractivity contribution in [1.29, 1.82) is 0 Å². The summed E-state index contributed by atoms with van der Waals surface area (Å²) in [5, 5.41) is 3.46. The highest BCUT2D eigenvalue weighted by Crippen LogP contribution is 2.37.